The molecule has 1 nitrogen and oxygen atoms in total. The van der Waals surface area contributed by atoms with Crippen molar-refractivity contribution in [3.63, 3.8) is 0 Å². The molecule has 1 N–H and O–H groups in total. The molecule has 0 saturated carbocycles. The number of nitrogens with one attached hydrogen (secondary N) is 1. The number of hydrogen-bond donors (Lipinski definition) is 1. The number of hydrogen-bond acceptors (Lipinski definition) is 1. The highest BCUT2D eigenvalue weighted by Gasteiger charge is 2.10. The van der Waals surface area contributed by atoms with Crippen molar-refractivity contribution >= 4 is 11.8 Å². The molecule has 1 heteroatoms. The SMILES string of the molecule is C=C1C=CC=CC/C1=C\CC.CC.CC(=N)c1ccccc1.CC1CC=Cc2ccccc21. The van der Waals surface area contributed by atoms with Crippen LogP contribution >= 0.6 is 0 Å². The van der Waals surface area contributed by atoms with Crippen LogP contribution in [-0.4, -0.2) is 5.71 Å². The topological polar surface area (TPSA) is 23.9 Å². The fourth-order valence-electron chi connectivity index (χ4n) is 3.47. The van der Waals surface area contributed by atoms with E-state index in [9.17, 15) is 0 Å². The van der Waals surface area contributed by atoms with Crippen LogP contribution in [0, 0.1) is 5.41 Å². The summed E-state index contributed by atoms with van der Waals surface area (Å²) in [5.41, 5.74) is 7.02. The van der Waals surface area contributed by atoms with Crippen LogP contribution in [0.3, 0.4) is 0 Å². The Bertz CT molecular complexity index is 971. The van der Waals surface area contributed by atoms with Gasteiger partial charge in [0, 0.05) is 5.71 Å². The van der Waals surface area contributed by atoms with Crippen molar-refractivity contribution in [3.05, 3.63) is 125 Å². The van der Waals surface area contributed by atoms with Crippen molar-refractivity contribution in [3.8, 4) is 0 Å². The van der Waals surface area contributed by atoms with Gasteiger partial charge in [0.2, 0.25) is 0 Å². The van der Waals surface area contributed by atoms with E-state index in [-0.39, 0.29) is 0 Å². The monoisotopic (exact) mass is 439 g/mol. The molecule has 2 aromatic rings. The lowest BCUT2D eigenvalue weighted by atomic mass is 9.89. The summed E-state index contributed by atoms with van der Waals surface area (Å²) >= 11 is 0. The summed E-state index contributed by atoms with van der Waals surface area (Å²) in [7, 11) is 0. The van der Waals surface area contributed by atoms with Gasteiger partial charge >= 0.3 is 0 Å². The van der Waals surface area contributed by atoms with E-state index in [2.05, 4.69) is 81.1 Å². The first-order chi connectivity index (χ1) is 16.0. The summed E-state index contributed by atoms with van der Waals surface area (Å²) in [5, 5.41) is 7.24. The van der Waals surface area contributed by atoms with Gasteiger partial charge in [-0.3, -0.25) is 0 Å². The average molecular weight is 440 g/mol. The molecule has 4 rings (SSSR count). The van der Waals surface area contributed by atoms with E-state index in [1.165, 1.54) is 23.1 Å². The number of allylic oxidation sites excluding steroid dienone is 8. The second-order valence-corrected chi connectivity index (χ2v) is 7.81. The van der Waals surface area contributed by atoms with Gasteiger partial charge in [-0.2, -0.15) is 0 Å². The molecule has 2 aliphatic rings. The van der Waals surface area contributed by atoms with E-state index >= 15 is 0 Å². The minimum absolute atomic E-state index is 0.621. The van der Waals surface area contributed by atoms with Gasteiger partial charge < -0.3 is 5.41 Å². The van der Waals surface area contributed by atoms with Gasteiger partial charge in [0.1, 0.15) is 0 Å². The summed E-state index contributed by atoms with van der Waals surface area (Å²) < 4.78 is 0. The van der Waals surface area contributed by atoms with Crippen molar-refractivity contribution in [2.75, 3.05) is 0 Å². The third-order valence-corrected chi connectivity index (χ3v) is 5.27. The molecule has 33 heavy (non-hydrogen) atoms. The van der Waals surface area contributed by atoms with Gasteiger partial charge in [-0.1, -0.05) is 131 Å². The predicted molar refractivity (Wildman–Crippen MR) is 149 cm³/mol. The minimum Gasteiger partial charge on any atom is -0.305 e. The molecule has 0 aromatic heterocycles. The molecular weight excluding hydrogens is 398 g/mol. The van der Waals surface area contributed by atoms with Gasteiger partial charge in [0.25, 0.3) is 0 Å². The Hall–Kier alpha value is -3.19. The molecule has 174 valence electrons. The first-order valence-electron chi connectivity index (χ1n) is 12.1. The van der Waals surface area contributed by atoms with E-state index in [1.54, 1.807) is 6.92 Å². The maximum atomic E-state index is 7.24. The van der Waals surface area contributed by atoms with E-state index in [0.29, 0.717) is 11.6 Å². The molecule has 1 atom stereocenters. The first-order valence-corrected chi connectivity index (χ1v) is 12.1. The zero-order valence-corrected chi connectivity index (χ0v) is 21.1. The second kappa shape index (κ2) is 16.4. The number of benzene rings is 2. The number of rotatable bonds is 2. The Labute approximate surface area is 202 Å². The van der Waals surface area contributed by atoms with Crippen LogP contribution < -0.4 is 0 Å². The average Bonchev–Trinajstić information content (AvgIpc) is 3.06. The van der Waals surface area contributed by atoms with Gasteiger partial charge in [-0.05, 0) is 59.9 Å². The third-order valence-electron chi connectivity index (χ3n) is 5.27. The second-order valence-electron chi connectivity index (χ2n) is 7.81. The molecule has 0 radical (unpaired) electrons. The Kier molecular flexibility index (Phi) is 13.9. The zero-order valence-electron chi connectivity index (χ0n) is 21.1. The van der Waals surface area contributed by atoms with Crippen LogP contribution in [0.15, 0.2) is 109 Å². The fourth-order valence-corrected chi connectivity index (χ4v) is 3.47. The van der Waals surface area contributed by atoms with E-state index in [4.69, 9.17) is 5.41 Å². The predicted octanol–water partition coefficient (Wildman–Crippen LogP) is 9.70. The standard InChI is InChI=1S/C11H12.C11H14.C8H9N.C2H6/c1-9-5-4-7-10-6-2-3-8-11(9)10;1-3-7-11-9-6-4-5-8-10(11)2;1-7(9)8-5-3-2-4-6-8;1-2/h2-4,6-9H,5H2,1H3;4-8H,2-3,9H2,1H3;2-6,9H,1H3;1-2H3/b;11-7+;;. The van der Waals surface area contributed by atoms with Crippen LogP contribution in [0.4, 0.5) is 0 Å². The highest BCUT2D eigenvalue weighted by Crippen LogP contribution is 2.28. The Morgan fingerprint density at radius 3 is 2.24 bits per heavy atom. The molecule has 0 heterocycles. The van der Waals surface area contributed by atoms with Crippen LogP contribution in [0.25, 0.3) is 6.08 Å². The molecule has 0 amide bonds. The van der Waals surface area contributed by atoms with Crippen molar-refractivity contribution in [2.45, 2.75) is 59.8 Å². The van der Waals surface area contributed by atoms with E-state index < -0.39 is 0 Å². The summed E-state index contributed by atoms with van der Waals surface area (Å²) in [6, 6.07) is 18.3. The molecule has 2 aliphatic carbocycles. The highest BCUT2D eigenvalue weighted by molar-refractivity contribution is 5.96. The highest BCUT2D eigenvalue weighted by atomic mass is 14.4. The Balaban J connectivity index is 0.000000240. The summed E-state index contributed by atoms with van der Waals surface area (Å²) in [6.45, 7) is 14.2. The summed E-state index contributed by atoms with van der Waals surface area (Å²) in [6.07, 6.45) is 18.4. The van der Waals surface area contributed by atoms with Gasteiger partial charge in [0.05, 0.1) is 0 Å². The zero-order chi connectivity index (χ0) is 24.5. The molecule has 2 aromatic carbocycles. The Morgan fingerprint density at radius 1 is 0.970 bits per heavy atom. The smallest absolute Gasteiger partial charge is 0.0355 e. The van der Waals surface area contributed by atoms with Gasteiger partial charge in [-0.25, -0.2) is 0 Å². The quantitative estimate of drug-likeness (QED) is 0.450. The van der Waals surface area contributed by atoms with Crippen LogP contribution in [0.2, 0.25) is 0 Å². The molecular formula is C32H41N. The molecule has 0 saturated heterocycles. The van der Waals surface area contributed by atoms with E-state index in [0.717, 1.165) is 24.0 Å². The Morgan fingerprint density at radius 2 is 1.64 bits per heavy atom. The van der Waals surface area contributed by atoms with Crippen LogP contribution in [0.1, 0.15) is 76.5 Å². The summed E-state index contributed by atoms with van der Waals surface area (Å²) in [5.74, 6) is 0.705. The maximum absolute atomic E-state index is 7.24. The molecule has 0 bridgehead atoms. The number of fused-ring (bicyclic) bond motifs is 1. The van der Waals surface area contributed by atoms with E-state index in [1.807, 2.05) is 50.3 Å². The molecule has 0 aliphatic heterocycles. The summed E-state index contributed by atoms with van der Waals surface area (Å²) in [4.78, 5) is 0. The van der Waals surface area contributed by atoms with Crippen molar-refractivity contribution in [2.24, 2.45) is 0 Å². The van der Waals surface area contributed by atoms with Crippen molar-refractivity contribution < 1.29 is 0 Å². The normalized spacial score (nSPS) is 16.7. The molecule has 0 fully saturated rings. The van der Waals surface area contributed by atoms with Crippen LogP contribution in [0.5, 0.6) is 0 Å². The fraction of sp³-hybridized carbons (Fsp3) is 0.281. The van der Waals surface area contributed by atoms with Crippen molar-refractivity contribution in [1.29, 1.82) is 5.41 Å². The first kappa shape index (κ1) is 27.8. The van der Waals surface area contributed by atoms with Crippen LogP contribution in [-0.2, 0) is 0 Å². The lowest BCUT2D eigenvalue weighted by Crippen LogP contribution is -1.98. The lowest BCUT2D eigenvalue weighted by molar-refractivity contribution is 0.772. The molecule has 1 unspecified atom stereocenters. The minimum atomic E-state index is 0.621. The van der Waals surface area contributed by atoms with Crippen molar-refractivity contribution in [1.82, 2.24) is 0 Å². The lowest BCUT2D eigenvalue weighted by Gasteiger charge is -2.16. The largest absolute Gasteiger partial charge is 0.305 e. The third kappa shape index (κ3) is 10.3. The van der Waals surface area contributed by atoms with Gasteiger partial charge in [0.15, 0.2) is 0 Å². The maximum Gasteiger partial charge on any atom is 0.0355 e. The van der Waals surface area contributed by atoms with Gasteiger partial charge in [-0.15, -0.1) is 0 Å². The molecule has 0 spiro atoms.